The highest BCUT2D eigenvalue weighted by Crippen LogP contribution is 2.41. The van der Waals surface area contributed by atoms with Gasteiger partial charge in [0.05, 0.1) is 0 Å². The molecule has 2 saturated heterocycles. The van der Waals surface area contributed by atoms with Crippen LogP contribution in [0.1, 0.15) is 64.0 Å². The van der Waals surface area contributed by atoms with Crippen LogP contribution in [0.5, 0.6) is 0 Å². The van der Waals surface area contributed by atoms with Gasteiger partial charge in [0, 0.05) is 24.2 Å². The van der Waals surface area contributed by atoms with Crippen molar-refractivity contribution in [3.63, 3.8) is 0 Å². The van der Waals surface area contributed by atoms with E-state index in [9.17, 15) is 0 Å². The molecule has 0 amide bonds. The largest absolute Gasteiger partial charge is 0.314 e. The molecule has 0 spiro atoms. The summed E-state index contributed by atoms with van der Waals surface area (Å²) in [6, 6.07) is 14.1. The Morgan fingerprint density at radius 1 is 1.10 bits per heavy atom. The Hall–Kier alpha value is -0.860. The third-order valence-electron chi connectivity index (χ3n) is 5.45. The number of nitrogens with one attached hydrogen (secondary N) is 1. The van der Waals surface area contributed by atoms with Crippen LogP contribution in [0.4, 0.5) is 0 Å². The van der Waals surface area contributed by atoms with Gasteiger partial charge in [-0.1, -0.05) is 50.6 Å². The first-order valence-electron chi connectivity index (χ1n) is 8.89. The lowest BCUT2D eigenvalue weighted by molar-refractivity contribution is -0.0131. The monoisotopic (exact) mass is 286 g/mol. The molecule has 21 heavy (non-hydrogen) atoms. The van der Waals surface area contributed by atoms with Crippen molar-refractivity contribution in [1.29, 1.82) is 0 Å². The molecule has 0 aromatic heterocycles. The highest BCUT2D eigenvalue weighted by Gasteiger charge is 2.41. The van der Waals surface area contributed by atoms with E-state index in [1.807, 2.05) is 0 Å². The SMILES string of the molecule is CCNC1CC2CCCC(C1)N2C(CC)c1ccccc1. The summed E-state index contributed by atoms with van der Waals surface area (Å²) in [5.41, 5.74) is 1.51. The average molecular weight is 286 g/mol. The second-order valence-corrected chi connectivity index (χ2v) is 6.75. The molecule has 2 fully saturated rings. The minimum atomic E-state index is 0.615. The first-order chi connectivity index (χ1) is 10.3. The van der Waals surface area contributed by atoms with Crippen LogP contribution in [0.3, 0.4) is 0 Å². The molecular formula is C19H30N2. The van der Waals surface area contributed by atoms with Crippen molar-refractivity contribution in [1.82, 2.24) is 10.2 Å². The first kappa shape index (κ1) is 15.1. The number of nitrogens with zero attached hydrogens (tertiary/aromatic N) is 1. The van der Waals surface area contributed by atoms with Crippen molar-refractivity contribution in [3.05, 3.63) is 35.9 Å². The van der Waals surface area contributed by atoms with E-state index >= 15 is 0 Å². The molecule has 2 heteroatoms. The van der Waals surface area contributed by atoms with E-state index in [-0.39, 0.29) is 0 Å². The van der Waals surface area contributed by atoms with Crippen LogP contribution in [0, 0.1) is 0 Å². The van der Waals surface area contributed by atoms with Gasteiger partial charge in [-0.2, -0.15) is 0 Å². The molecule has 3 atom stereocenters. The van der Waals surface area contributed by atoms with E-state index in [1.54, 1.807) is 0 Å². The smallest absolute Gasteiger partial charge is 0.0351 e. The quantitative estimate of drug-likeness (QED) is 0.875. The van der Waals surface area contributed by atoms with Crippen LogP contribution in [-0.4, -0.2) is 29.6 Å². The van der Waals surface area contributed by atoms with Crippen LogP contribution >= 0.6 is 0 Å². The van der Waals surface area contributed by atoms with Gasteiger partial charge in [0.2, 0.25) is 0 Å². The maximum atomic E-state index is 3.70. The van der Waals surface area contributed by atoms with Crippen LogP contribution in [0.2, 0.25) is 0 Å². The van der Waals surface area contributed by atoms with Crippen molar-refractivity contribution < 1.29 is 0 Å². The molecule has 3 rings (SSSR count). The van der Waals surface area contributed by atoms with Gasteiger partial charge in [0.25, 0.3) is 0 Å². The van der Waals surface area contributed by atoms with E-state index in [0.29, 0.717) is 6.04 Å². The Kier molecular flexibility index (Phi) is 4.97. The molecular weight excluding hydrogens is 256 g/mol. The zero-order valence-corrected chi connectivity index (χ0v) is 13.6. The predicted octanol–water partition coefficient (Wildman–Crippen LogP) is 4.13. The lowest BCUT2D eigenvalue weighted by Gasteiger charge is -2.52. The summed E-state index contributed by atoms with van der Waals surface area (Å²) < 4.78 is 0. The third kappa shape index (κ3) is 3.17. The number of hydrogen-bond acceptors (Lipinski definition) is 2. The number of rotatable bonds is 5. The van der Waals surface area contributed by atoms with E-state index in [1.165, 1.54) is 44.1 Å². The summed E-state index contributed by atoms with van der Waals surface area (Å²) in [5, 5.41) is 3.70. The maximum Gasteiger partial charge on any atom is 0.0351 e. The van der Waals surface area contributed by atoms with Crippen molar-refractivity contribution in [2.45, 2.75) is 76.5 Å². The first-order valence-corrected chi connectivity index (χ1v) is 8.89. The second-order valence-electron chi connectivity index (χ2n) is 6.75. The van der Waals surface area contributed by atoms with Gasteiger partial charge in [-0.05, 0) is 44.2 Å². The van der Waals surface area contributed by atoms with Gasteiger partial charge in [-0.15, -0.1) is 0 Å². The van der Waals surface area contributed by atoms with Gasteiger partial charge in [0.1, 0.15) is 0 Å². The standard InChI is InChI=1S/C19H30N2/c1-3-19(15-9-6-5-7-10-15)21-17-11-8-12-18(21)14-16(13-17)20-4-2/h5-7,9-10,16-20H,3-4,8,11-14H2,1-2H3. The van der Waals surface area contributed by atoms with Gasteiger partial charge >= 0.3 is 0 Å². The van der Waals surface area contributed by atoms with Gasteiger partial charge in [0.15, 0.2) is 0 Å². The van der Waals surface area contributed by atoms with E-state index in [2.05, 4.69) is 54.4 Å². The molecule has 1 aromatic carbocycles. The minimum absolute atomic E-state index is 0.615. The summed E-state index contributed by atoms with van der Waals surface area (Å²) in [6.07, 6.45) is 8.11. The normalized spacial score (nSPS) is 31.0. The molecule has 0 radical (unpaired) electrons. The van der Waals surface area contributed by atoms with Crippen molar-refractivity contribution in [2.75, 3.05) is 6.54 Å². The highest BCUT2D eigenvalue weighted by atomic mass is 15.2. The molecule has 116 valence electrons. The summed E-state index contributed by atoms with van der Waals surface area (Å²) in [5.74, 6) is 0. The lowest BCUT2D eigenvalue weighted by atomic mass is 9.79. The maximum absolute atomic E-state index is 3.70. The molecule has 1 N–H and O–H groups in total. The molecule has 3 unspecified atom stereocenters. The molecule has 2 nitrogen and oxygen atoms in total. The molecule has 0 aliphatic carbocycles. The van der Waals surface area contributed by atoms with Gasteiger partial charge in [-0.25, -0.2) is 0 Å². The zero-order valence-electron chi connectivity index (χ0n) is 13.6. The lowest BCUT2D eigenvalue weighted by Crippen LogP contribution is -2.57. The summed E-state index contributed by atoms with van der Waals surface area (Å²) in [7, 11) is 0. The Morgan fingerprint density at radius 3 is 2.33 bits per heavy atom. The predicted molar refractivity (Wildman–Crippen MR) is 89.4 cm³/mol. The van der Waals surface area contributed by atoms with Gasteiger partial charge in [-0.3, -0.25) is 4.90 Å². The second kappa shape index (κ2) is 6.93. The van der Waals surface area contributed by atoms with Crippen LogP contribution in [0.15, 0.2) is 30.3 Å². The molecule has 1 aromatic rings. The third-order valence-corrected chi connectivity index (χ3v) is 5.45. The number of benzene rings is 1. The number of hydrogen-bond donors (Lipinski definition) is 1. The fourth-order valence-corrected chi connectivity index (χ4v) is 4.68. The average Bonchev–Trinajstić information content (AvgIpc) is 2.50. The van der Waals surface area contributed by atoms with Crippen LogP contribution in [0.25, 0.3) is 0 Å². The molecule has 0 saturated carbocycles. The number of fused-ring (bicyclic) bond motifs is 2. The summed E-state index contributed by atoms with van der Waals surface area (Å²) in [4.78, 5) is 2.88. The van der Waals surface area contributed by atoms with Crippen molar-refractivity contribution in [2.24, 2.45) is 0 Å². The summed E-state index contributed by atoms with van der Waals surface area (Å²) >= 11 is 0. The highest BCUT2D eigenvalue weighted by molar-refractivity contribution is 5.20. The summed E-state index contributed by atoms with van der Waals surface area (Å²) in [6.45, 7) is 5.70. The van der Waals surface area contributed by atoms with E-state index < -0.39 is 0 Å². The molecule has 2 bridgehead atoms. The fraction of sp³-hybridized carbons (Fsp3) is 0.684. The van der Waals surface area contributed by atoms with Crippen molar-refractivity contribution >= 4 is 0 Å². The number of piperidine rings is 2. The van der Waals surface area contributed by atoms with Crippen LogP contribution < -0.4 is 5.32 Å². The Morgan fingerprint density at radius 2 is 1.76 bits per heavy atom. The Balaban J connectivity index is 1.80. The molecule has 2 aliphatic heterocycles. The van der Waals surface area contributed by atoms with Gasteiger partial charge < -0.3 is 5.32 Å². The Bertz CT molecular complexity index is 416. The van der Waals surface area contributed by atoms with E-state index in [0.717, 1.165) is 24.7 Å². The molecule has 2 heterocycles. The fourth-order valence-electron chi connectivity index (χ4n) is 4.68. The van der Waals surface area contributed by atoms with Crippen molar-refractivity contribution in [3.8, 4) is 0 Å². The minimum Gasteiger partial charge on any atom is -0.314 e. The van der Waals surface area contributed by atoms with E-state index in [4.69, 9.17) is 0 Å². The Labute approximate surface area is 129 Å². The molecule has 2 aliphatic rings. The topological polar surface area (TPSA) is 15.3 Å². The van der Waals surface area contributed by atoms with Crippen LogP contribution in [-0.2, 0) is 0 Å². The zero-order chi connectivity index (χ0) is 14.7.